The van der Waals surface area contributed by atoms with Gasteiger partial charge in [-0.3, -0.25) is 9.59 Å². The SMILES string of the molecule is Cc1sc(CCNC(=O)CC2(C(=O)O)CCC2)nc1-c1ccccc1. The number of aromatic nitrogens is 1. The summed E-state index contributed by atoms with van der Waals surface area (Å²) < 4.78 is 0. The van der Waals surface area contributed by atoms with Crippen LogP contribution in [0.2, 0.25) is 0 Å². The molecule has 2 aromatic rings. The van der Waals surface area contributed by atoms with Crippen molar-refractivity contribution in [2.75, 3.05) is 6.54 Å². The van der Waals surface area contributed by atoms with Crippen LogP contribution in [0.3, 0.4) is 0 Å². The number of hydrogen-bond donors (Lipinski definition) is 2. The lowest BCUT2D eigenvalue weighted by molar-refractivity contribution is -0.157. The van der Waals surface area contributed by atoms with Gasteiger partial charge in [0.25, 0.3) is 0 Å². The van der Waals surface area contributed by atoms with Gasteiger partial charge in [-0.05, 0) is 19.8 Å². The van der Waals surface area contributed by atoms with Crippen molar-refractivity contribution in [1.82, 2.24) is 10.3 Å². The Hall–Kier alpha value is -2.21. The summed E-state index contributed by atoms with van der Waals surface area (Å²) in [5.41, 5.74) is 1.26. The van der Waals surface area contributed by atoms with Gasteiger partial charge in [-0.15, -0.1) is 11.3 Å². The van der Waals surface area contributed by atoms with E-state index < -0.39 is 11.4 Å². The molecule has 25 heavy (non-hydrogen) atoms. The van der Waals surface area contributed by atoms with Gasteiger partial charge in [-0.25, -0.2) is 4.98 Å². The van der Waals surface area contributed by atoms with Crippen LogP contribution in [0.15, 0.2) is 30.3 Å². The number of thiazole rings is 1. The minimum Gasteiger partial charge on any atom is -0.481 e. The maximum atomic E-state index is 12.0. The van der Waals surface area contributed by atoms with E-state index in [-0.39, 0.29) is 12.3 Å². The first-order valence-electron chi connectivity index (χ1n) is 8.52. The molecule has 2 N–H and O–H groups in total. The van der Waals surface area contributed by atoms with Crippen LogP contribution in [-0.4, -0.2) is 28.5 Å². The third-order valence-electron chi connectivity index (χ3n) is 4.81. The number of carboxylic acids is 1. The van der Waals surface area contributed by atoms with Gasteiger partial charge in [-0.2, -0.15) is 0 Å². The van der Waals surface area contributed by atoms with Crippen molar-refractivity contribution in [2.24, 2.45) is 5.41 Å². The summed E-state index contributed by atoms with van der Waals surface area (Å²) in [5, 5.41) is 13.1. The number of nitrogens with zero attached hydrogens (tertiary/aromatic N) is 1. The van der Waals surface area contributed by atoms with Crippen LogP contribution in [0.4, 0.5) is 0 Å². The zero-order chi connectivity index (χ0) is 17.9. The van der Waals surface area contributed by atoms with Crippen LogP contribution in [-0.2, 0) is 16.0 Å². The molecule has 0 atom stereocenters. The summed E-state index contributed by atoms with van der Waals surface area (Å²) in [7, 11) is 0. The van der Waals surface area contributed by atoms with Gasteiger partial charge in [0.05, 0.1) is 16.1 Å². The number of hydrogen-bond acceptors (Lipinski definition) is 4. The molecule has 132 valence electrons. The van der Waals surface area contributed by atoms with Crippen molar-refractivity contribution in [1.29, 1.82) is 0 Å². The lowest BCUT2D eigenvalue weighted by atomic mass is 9.66. The molecule has 1 aliphatic rings. The summed E-state index contributed by atoms with van der Waals surface area (Å²) >= 11 is 1.64. The molecule has 1 aromatic heterocycles. The van der Waals surface area contributed by atoms with Gasteiger partial charge >= 0.3 is 5.97 Å². The first-order chi connectivity index (χ1) is 12.0. The Labute approximate surface area is 151 Å². The predicted molar refractivity (Wildman–Crippen MR) is 97.5 cm³/mol. The molecule has 1 aliphatic carbocycles. The van der Waals surface area contributed by atoms with E-state index in [0.29, 0.717) is 25.8 Å². The van der Waals surface area contributed by atoms with E-state index in [1.54, 1.807) is 11.3 Å². The largest absolute Gasteiger partial charge is 0.481 e. The van der Waals surface area contributed by atoms with Crippen molar-refractivity contribution in [3.63, 3.8) is 0 Å². The van der Waals surface area contributed by atoms with Gasteiger partial charge in [0.2, 0.25) is 5.91 Å². The minimum absolute atomic E-state index is 0.0779. The Morgan fingerprint density at radius 1 is 1.28 bits per heavy atom. The Kier molecular flexibility index (Phi) is 5.18. The van der Waals surface area contributed by atoms with E-state index in [1.807, 2.05) is 30.3 Å². The predicted octanol–water partition coefficient (Wildman–Crippen LogP) is 3.42. The number of carboxylic acid groups (broad SMARTS) is 1. The monoisotopic (exact) mass is 358 g/mol. The summed E-state index contributed by atoms with van der Waals surface area (Å²) in [5.74, 6) is -1.03. The van der Waals surface area contributed by atoms with E-state index in [9.17, 15) is 14.7 Å². The molecule has 5 nitrogen and oxygen atoms in total. The summed E-state index contributed by atoms with van der Waals surface area (Å²) in [4.78, 5) is 29.2. The molecule has 0 bridgehead atoms. The highest BCUT2D eigenvalue weighted by atomic mass is 32.1. The Bertz CT molecular complexity index is 766. The highest BCUT2D eigenvalue weighted by Crippen LogP contribution is 2.44. The average molecular weight is 358 g/mol. The van der Waals surface area contributed by atoms with Gasteiger partial charge in [0.1, 0.15) is 0 Å². The van der Waals surface area contributed by atoms with Crippen LogP contribution < -0.4 is 5.32 Å². The van der Waals surface area contributed by atoms with E-state index in [4.69, 9.17) is 0 Å². The Morgan fingerprint density at radius 2 is 2.00 bits per heavy atom. The molecular formula is C19H22N2O3S. The number of carbonyl (C=O) groups excluding carboxylic acids is 1. The zero-order valence-electron chi connectivity index (χ0n) is 14.2. The molecule has 1 saturated carbocycles. The molecule has 3 rings (SSSR count). The molecule has 0 unspecified atom stereocenters. The molecule has 0 spiro atoms. The van der Waals surface area contributed by atoms with Crippen molar-refractivity contribution >= 4 is 23.2 Å². The fourth-order valence-corrected chi connectivity index (χ4v) is 4.13. The molecule has 1 aromatic carbocycles. The zero-order valence-corrected chi connectivity index (χ0v) is 15.1. The Morgan fingerprint density at radius 3 is 2.60 bits per heavy atom. The summed E-state index contributed by atoms with van der Waals surface area (Å²) in [6.45, 7) is 2.53. The standard InChI is InChI=1S/C19H22N2O3S/c1-13-17(14-6-3-2-4-7-14)21-16(25-13)8-11-20-15(22)12-19(18(23)24)9-5-10-19/h2-4,6-7H,5,8-12H2,1H3,(H,20,22)(H,23,24). The van der Waals surface area contributed by atoms with Crippen LogP contribution in [0.25, 0.3) is 11.3 Å². The second-order valence-corrected chi connectivity index (χ2v) is 7.88. The first kappa shape index (κ1) is 17.6. The summed E-state index contributed by atoms with van der Waals surface area (Å²) in [6.07, 6.45) is 2.82. The van der Waals surface area contributed by atoms with Gasteiger partial charge < -0.3 is 10.4 Å². The van der Waals surface area contributed by atoms with Crippen molar-refractivity contribution < 1.29 is 14.7 Å². The number of nitrogens with one attached hydrogen (secondary N) is 1. The first-order valence-corrected chi connectivity index (χ1v) is 9.34. The molecule has 6 heteroatoms. The van der Waals surface area contributed by atoms with E-state index in [0.717, 1.165) is 27.6 Å². The molecule has 0 saturated heterocycles. The number of rotatable bonds is 7. The quantitative estimate of drug-likeness (QED) is 0.795. The molecular weight excluding hydrogens is 336 g/mol. The van der Waals surface area contributed by atoms with Crippen LogP contribution in [0.1, 0.15) is 35.6 Å². The van der Waals surface area contributed by atoms with Crippen LogP contribution in [0.5, 0.6) is 0 Å². The molecule has 0 aliphatic heterocycles. The summed E-state index contributed by atoms with van der Waals surface area (Å²) in [6, 6.07) is 10.0. The topological polar surface area (TPSA) is 79.3 Å². The smallest absolute Gasteiger partial charge is 0.310 e. The van der Waals surface area contributed by atoms with E-state index in [1.165, 1.54) is 0 Å². The lowest BCUT2D eigenvalue weighted by Gasteiger charge is -2.36. The van der Waals surface area contributed by atoms with Crippen LogP contribution in [0, 0.1) is 12.3 Å². The minimum atomic E-state index is -0.850. The highest BCUT2D eigenvalue weighted by Gasteiger charge is 2.45. The third kappa shape index (κ3) is 3.90. The number of carbonyl (C=O) groups is 2. The second-order valence-electron chi connectivity index (χ2n) is 6.59. The molecule has 1 amide bonds. The van der Waals surface area contributed by atoms with E-state index >= 15 is 0 Å². The van der Waals surface area contributed by atoms with Crippen molar-refractivity contribution in [3.05, 3.63) is 40.2 Å². The Balaban J connectivity index is 1.53. The van der Waals surface area contributed by atoms with Gasteiger partial charge in [0.15, 0.2) is 0 Å². The fourth-order valence-electron chi connectivity index (χ4n) is 3.17. The van der Waals surface area contributed by atoms with Crippen molar-refractivity contribution in [3.8, 4) is 11.3 Å². The molecule has 1 heterocycles. The van der Waals surface area contributed by atoms with Gasteiger partial charge in [0, 0.05) is 29.8 Å². The molecule has 1 fully saturated rings. The van der Waals surface area contributed by atoms with E-state index in [2.05, 4.69) is 17.2 Å². The number of aliphatic carboxylic acids is 1. The maximum absolute atomic E-state index is 12.0. The van der Waals surface area contributed by atoms with Crippen molar-refractivity contribution in [2.45, 2.75) is 39.0 Å². The number of amides is 1. The highest BCUT2D eigenvalue weighted by molar-refractivity contribution is 7.12. The lowest BCUT2D eigenvalue weighted by Crippen LogP contribution is -2.42. The third-order valence-corrected chi connectivity index (χ3v) is 5.84. The normalized spacial score (nSPS) is 15.4. The maximum Gasteiger partial charge on any atom is 0.310 e. The van der Waals surface area contributed by atoms with Gasteiger partial charge in [-0.1, -0.05) is 36.8 Å². The molecule has 0 radical (unpaired) electrons. The second kappa shape index (κ2) is 7.35. The fraction of sp³-hybridized carbons (Fsp3) is 0.421. The number of aryl methyl sites for hydroxylation is 1. The number of benzene rings is 1. The van der Waals surface area contributed by atoms with Crippen LogP contribution >= 0.6 is 11.3 Å². The average Bonchev–Trinajstić information content (AvgIpc) is 2.92.